The van der Waals surface area contributed by atoms with Crippen LogP contribution >= 0.6 is 0 Å². The van der Waals surface area contributed by atoms with Gasteiger partial charge in [-0.25, -0.2) is 9.38 Å². The second kappa shape index (κ2) is 5.33. The molecule has 0 saturated heterocycles. The van der Waals surface area contributed by atoms with E-state index in [4.69, 9.17) is 0 Å². The largest absolute Gasteiger partial charge is 0.368 e. The Morgan fingerprint density at radius 3 is 2.78 bits per heavy atom. The van der Waals surface area contributed by atoms with Crippen LogP contribution in [0.25, 0.3) is 16.8 Å². The topological polar surface area (TPSA) is 62.4 Å². The SMILES string of the molecule is OC1NC=Nc2c(-c3ccccc3)cn(-c3cncc(F)c3)c21. The predicted octanol–water partition coefficient (Wildman–Crippen LogP) is 2.93. The summed E-state index contributed by atoms with van der Waals surface area (Å²) in [6, 6.07) is 11.1. The zero-order valence-electron chi connectivity index (χ0n) is 12.0. The van der Waals surface area contributed by atoms with Crippen molar-refractivity contribution >= 4 is 12.0 Å². The number of aliphatic hydroxyl groups excluding tert-OH is 1. The van der Waals surface area contributed by atoms with Crippen LogP contribution in [0.1, 0.15) is 11.9 Å². The van der Waals surface area contributed by atoms with Gasteiger partial charge < -0.3 is 15.0 Å². The van der Waals surface area contributed by atoms with E-state index in [0.29, 0.717) is 17.1 Å². The van der Waals surface area contributed by atoms with E-state index in [9.17, 15) is 9.50 Å². The van der Waals surface area contributed by atoms with E-state index in [1.165, 1.54) is 12.4 Å². The maximum Gasteiger partial charge on any atom is 0.169 e. The Hall–Kier alpha value is -2.99. The molecular weight excluding hydrogens is 295 g/mol. The van der Waals surface area contributed by atoms with Gasteiger partial charge >= 0.3 is 0 Å². The van der Waals surface area contributed by atoms with Gasteiger partial charge in [-0.1, -0.05) is 30.3 Å². The van der Waals surface area contributed by atoms with Crippen LogP contribution in [0.15, 0.2) is 60.0 Å². The number of rotatable bonds is 2. The molecule has 1 aromatic carbocycles. The standard InChI is InChI=1S/C17H13FN4O/c18-12-6-13(8-19-7-12)22-9-14(11-4-2-1-3-5-11)15-16(22)17(23)21-10-20-15/h1-10,17,23H,(H,20,21). The summed E-state index contributed by atoms with van der Waals surface area (Å²) in [5, 5.41) is 13.1. The number of aliphatic imine (C=N–C) groups is 1. The van der Waals surface area contributed by atoms with Crippen molar-refractivity contribution in [3.05, 3.63) is 66.5 Å². The lowest BCUT2D eigenvalue weighted by molar-refractivity contribution is 0.156. The first-order valence-electron chi connectivity index (χ1n) is 7.12. The van der Waals surface area contributed by atoms with Crippen molar-refractivity contribution in [3.63, 3.8) is 0 Å². The molecule has 0 spiro atoms. The minimum absolute atomic E-state index is 0.437. The smallest absolute Gasteiger partial charge is 0.169 e. The molecule has 3 aromatic rings. The van der Waals surface area contributed by atoms with Crippen LogP contribution in [-0.2, 0) is 0 Å². The Morgan fingerprint density at radius 2 is 2.00 bits per heavy atom. The molecule has 0 radical (unpaired) electrons. The summed E-state index contributed by atoms with van der Waals surface area (Å²) < 4.78 is 15.2. The number of nitrogens with one attached hydrogen (secondary N) is 1. The van der Waals surface area contributed by atoms with Crippen molar-refractivity contribution in [3.8, 4) is 16.8 Å². The van der Waals surface area contributed by atoms with Gasteiger partial charge in [0.15, 0.2) is 6.23 Å². The average Bonchev–Trinajstić information content (AvgIpc) is 2.97. The van der Waals surface area contributed by atoms with Gasteiger partial charge in [-0.05, 0) is 5.56 Å². The van der Waals surface area contributed by atoms with Gasteiger partial charge in [0.25, 0.3) is 0 Å². The molecule has 23 heavy (non-hydrogen) atoms. The lowest BCUT2D eigenvalue weighted by Gasteiger charge is -2.18. The van der Waals surface area contributed by atoms with Crippen molar-refractivity contribution in [1.29, 1.82) is 0 Å². The van der Waals surface area contributed by atoms with Crippen molar-refractivity contribution in [2.75, 3.05) is 0 Å². The van der Waals surface area contributed by atoms with E-state index in [1.54, 1.807) is 10.8 Å². The number of benzene rings is 1. The van der Waals surface area contributed by atoms with Crippen molar-refractivity contribution in [2.24, 2.45) is 4.99 Å². The summed E-state index contributed by atoms with van der Waals surface area (Å²) in [5.41, 5.74) is 3.58. The molecule has 114 valence electrons. The Morgan fingerprint density at radius 1 is 1.17 bits per heavy atom. The van der Waals surface area contributed by atoms with E-state index in [-0.39, 0.29) is 0 Å². The van der Waals surface area contributed by atoms with Crippen LogP contribution in [0.4, 0.5) is 10.1 Å². The Bertz CT molecular complexity index is 889. The van der Waals surface area contributed by atoms with Crippen molar-refractivity contribution in [2.45, 2.75) is 6.23 Å². The van der Waals surface area contributed by atoms with E-state index < -0.39 is 12.0 Å². The van der Waals surface area contributed by atoms with Gasteiger partial charge in [-0.3, -0.25) is 4.98 Å². The first-order chi connectivity index (χ1) is 11.2. The van der Waals surface area contributed by atoms with Crippen molar-refractivity contribution < 1.29 is 9.50 Å². The quantitative estimate of drug-likeness (QED) is 0.765. The second-order valence-electron chi connectivity index (χ2n) is 5.20. The normalized spacial score (nSPS) is 16.0. The number of aromatic nitrogens is 2. The number of halogens is 1. The number of aliphatic hydroxyl groups is 1. The average molecular weight is 308 g/mol. The molecule has 4 rings (SSSR count). The number of pyridine rings is 1. The first kappa shape index (κ1) is 13.7. The monoisotopic (exact) mass is 308 g/mol. The third-order valence-electron chi connectivity index (χ3n) is 3.75. The molecule has 6 heteroatoms. The fourth-order valence-corrected chi connectivity index (χ4v) is 2.74. The van der Waals surface area contributed by atoms with Gasteiger partial charge in [0.1, 0.15) is 5.82 Å². The van der Waals surface area contributed by atoms with Gasteiger partial charge in [0.2, 0.25) is 0 Å². The molecule has 1 aliphatic rings. The maximum absolute atomic E-state index is 13.5. The third-order valence-corrected chi connectivity index (χ3v) is 3.75. The summed E-state index contributed by atoms with van der Waals surface area (Å²) in [6.45, 7) is 0. The highest BCUT2D eigenvalue weighted by Gasteiger charge is 2.25. The number of nitrogens with zero attached hydrogens (tertiary/aromatic N) is 3. The Balaban J connectivity index is 1.97. The fraction of sp³-hybridized carbons (Fsp3) is 0.0588. The van der Waals surface area contributed by atoms with Crippen molar-refractivity contribution in [1.82, 2.24) is 14.9 Å². The molecule has 0 amide bonds. The summed E-state index contributed by atoms with van der Waals surface area (Å²) in [6.07, 6.45) is 5.06. The van der Waals surface area contributed by atoms with Gasteiger partial charge in [0.05, 0.1) is 35.8 Å². The van der Waals surface area contributed by atoms with Crippen LogP contribution < -0.4 is 5.32 Å². The van der Waals surface area contributed by atoms with Crippen LogP contribution in [0.3, 0.4) is 0 Å². The number of fused-ring (bicyclic) bond motifs is 1. The van der Waals surface area contributed by atoms with Crippen LogP contribution in [0, 0.1) is 5.82 Å². The van der Waals surface area contributed by atoms with Crippen LogP contribution in [0.5, 0.6) is 0 Å². The summed E-state index contributed by atoms with van der Waals surface area (Å²) in [7, 11) is 0. The maximum atomic E-state index is 13.5. The predicted molar refractivity (Wildman–Crippen MR) is 85.2 cm³/mol. The van der Waals surface area contributed by atoms with E-state index in [1.807, 2.05) is 36.5 Å². The minimum Gasteiger partial charge on any atom is -0.368 e. The molecule has 2 aromatic heterocycles. The molecule has 1 atom stereocenters. The Labute approximate surface area is 131 Å². The van der Waals surface area contributed by atoms with Gasteiger partial charge in [-0.15, -0.1) is 0 Å². The molecule has 0 saturated carbocycles. The fourth-order valence-electron chi connectivity index (χ4n) is 2.74. The van der Waals surface area contributed by atoms with E-state index >= 15 is 0 Å². The molecule has 3 heterocycles. The summed E-state index contributed by atoms with van der Waals surface area (Å²) >= 11 is 0. The van der Waals surface area contributed by atoms with Crippen LogP contribution in [0.2, 0.25) is 0 Å². The zero-order chi connectivity index (χ0) is 15.8. The number of hydrogen-bond donors (Lipinski definition) is 2. The van der Waals surface area contributed by atoms with E-state index in [0.717, 1.165) is 17.3 Å². The van der Waals surface area contributed by atoms with Gasteiger partial charge in [-0.2, -0.15) is 0 Å². The highest BCUT2D eigenvalue weighted by Crippen LogP contribution is 2.40. The minimum atomic E-state index is -0.928. The summed E-state index contributed by atoms with van der Waals surface area (Å²) in [5.74, 6) is -0.437. The highest BCUT2D eigenvalue weighted by molar-refractivity contribution is 5.83. The van der Waals surface area contributed by atoms with Gasteiger partial charge in [0, 0.05) is 17.8 Å². The molecule has 0 bridgehead atoms. The lowest BCUT2D eigenvalue weighted by Crippen LogP contribution is -2.24. The highest BCUT2D eigenvalue weighted by atomic mass is 19.1. The molecule has 0 aliphatic carbocycles. The first-order valence-corrected chi connectivity index (χ1v) is 7.12. The molecular formula is C17H13FN4O. The zero-order valence-corrected chi connectivity index (χ0v) is 12.0. The molecule has 5 nitrogen and oxygen atoms in total. The molecule has 1 unspecified atom stereocenters. The number of hydrogen-bond acceptors (Lipinski definition) is 4. The third kappa shape index (κ3) is 2.29. The second-order valence-corrected chi connectivity index (χ2v) is 5.20. The van der Waals surface area contributed by atoms with Crippen LogP contribution in [-0.4, -0.2) is 21.0 Å². The Kier molecular flexibility index (Phi) is 3.17. The molecule has 2 N–H and O–H groups in total. The summed E-state index contributed by atoms with van der Waals surface area (Å²) in [4.78, 5) is 8.24. The lowest BCUT2D eigenvalue weighted by atomic mass is 10.1. The molecule has 0 fully saturated rings. The van der Waals surface area contributed by atoms with E-state index in [2.05, 4.69) is 15.3 Å². The molecule has 1 aliphatic heterocycles.